The first-order valence-corrected chi connectivity index (χ1v) is 6.78. The molecule has 18 heavy (non-hydrogen) atoms. The van der Waals surface area contributed by atoms with E-state index in [1.807, 2.05) is 19.1 Å². The van der Waals surface area contributed by atoms with Crippen molar-refractivity contribution in [3.8, 4) is 0 Å². The van der Waals surface area contributed by atoms with Crippen molar-refractivity contribution < 1.29 is 4.79 Å². The Morgan fingerprint density at radius 1 is 1.44 bits per heavy atom. The van der Waals surface area contributed by atoms with Crippen molar-refractivity contribution in [1.29, 1.82) is 0 Å². The van der Waals surface area contributed by atoms with Gasteiger partial charge in [-0.1, -0.05) is 23.2 Å². The van der Waals surface area contributed by atoms with Crippen LogP contribution in [0.4, 0.5) is 0 Å². The second-order valence-corrected chi connectivity index (χ2v) is 5.83. The molecule has 0 saturated heterocycles. The number of carbonyl (C=O) groups excluding carboxylic acids is 1. The van der Waals surface area contributed by atoms with Crippen LogP contribution < -0.4 is 5.32 Å². The Morgan fingerprint density at radius 3 is 2.83 bits per heavy atom. The zero-order valence-corrected chi connectivity index (χ0v) is 11.9. The van der Waals surface area contributed by atoms with Gasteiger partial charge in [0.25, 0.3) is 5.91 Å². The van der Waals surface area contributed by atoms with Crippen LogP contribution in [0.2, 0.25) is 10.2 Å². The standard InChI is InChI=1S/C12H10Cl2N2OS/c1-7-2-3-9(18-7)6-16-12(17)8-4-10(13)11(14)15-5-8/h2-5H,6H2,1H3,(H,16,17). The smallest absolute Gasteiger partial charge is 0.253 e. The van der Waals surface area contributed by atoms with Gasteiger partial charge in [0.15, 0.2) is 0 Å². The summed E-state index contributed by atoms with van der Waals surface area (Å²) in [5.74, 6) is -0.216. The van der Waals surface area contributed by atoms with Crippen LogP contribution in [0, 0.1) is 6.92 Å². The fraction of sp³-hybridized carbons (Fsp3) is 0.167. The summed E-state index contributed by atoms with van der Waals surface area (Å²) in [5.41, 5.74) is 0.401. The van der Waals surface area contributed by atoms with E-state index in [0.717, 1.165) is 4.88 Å². The Morgan fingerprint density at radius 2 is 2.22 bits per heavy atom. The molecule has 94 valence electrons. The maximum Gasteiger partial charge on any atom is 0.253 e. The molecule has 0 aliphatic heterocycles. The SMILES string of the molecule is Cc1ccc(CNC(=O)c2cnc(Cl)c(Cl)c2)s1. The fourth-order valence-electron chi connectivity index (χ4n) is 1.39. The van der Waals surface area contributed by atoms with E-state index >= 15 is 0 Å². The molecule has 0 spiro atoms. The van der Waals surface area contributed by atoms with Crippen LogP contribution >= 0.6 is 34.5 Å². The lowest BCUT2D eigenvalue weighted by molar-refractivity contribution is 0.0951. The number of thiophene rings is 1. The van der Waals surface area contributed by atoms with Crippen molar-refractivity contribution in [1.82, 2.24) is 10.3 Å². The summed E-state index contributed by atoms with van der Waals surface area (Å²) in [6.07, 6.45) is 1.41. The Bertz CT molecular complexity index is 583. The third-order valence-corrected chi connectivity index (χ3v) is 3.96. The zero-order chi connectivity index (χ0) is 13.1. The van der Waals surface area contributed by atoms with Crippen molar-refractivity contribution in [2.24, 2.45) is 0 Å². The predicted molar refractivity (Wildman–Crippen MR) is 74.5 cm³/mol. The second-order valence-electron chi connectivity index (χ2n) is 3.69. The van der Waals surface area contributed by atoms with Crippen molar-refractivity contribution in [2.75, 3.05) is 0 Å². The normalized spacial score (nSPS) is 10.4. The minimum atomic E-state index is -0.216. The van der Waals surface area contributed by atoms with Gasteiger partial charge in [-0.2, -0.15) is 0 Å². The number of nitrogens with one attached hydrogen (secondary N) is 1. The number of hydrogen-bond acceptors (Lipinski definition) is 3. The monoisotopic (exact) mass is 300 g/mol. The molecule has 0 radical (unpaired) electrons. The molecule has 0 bridgehead atoms. The van der Waals surface area contributed by atoms with Crippen LogP contribution in [-0.4, -0.2) is 10.9 Å². The van der Waals surface area contributed by atoms with Crippen LogP contribution in [0.25, 0.3) is 0 Å². The van der Waals surface area contributed by atoms with Crippen molar-refractivity contribution in [2.45, 2.75) is 13.5 Å². The molecule has 2 aromatic heterocycles. The Kier molecular flexibility index (Phi) is 4.22. The number of halogens is 2. The van der Waals surface area contributed by atoms with Gasteiger partial charge in [0, 0.05) is 16.0 Å². The molecular weight excluding hydrogens is 291 g/mol. The summed E-state index contributed by atoms with van der Waals surface area (Å²) in [6.45, 7) is 2.52. The first-order chi connectivity index (χ1) is 8.56. The third-order valence-electron chi connectivity index (χ3n) is 2.28. The van der Waals surface area contributed by atoms with E-state index < -0.39 is 0 Å². The number of hydrogen-bond donors (Lipinski definition) is 1. The van der Waals surface area contributed by atoms with Gasteiger partial charge >= 0.3 is 0 Å². The average Bonchev–Trinajstić information content (AvgIpc) is 2.75. The Balaban J connectivity index is 2.01. The molecule has 2 rings (SSSR count). The Labute approximate surface area is 119 Å². The highest BCUT2D eigenvalue weighted by Gasteiger charge is 2.09. The molecule has 0 aromatic carbocycles. The van der Waals surface area contributed by atoms with E-state index in [0.29, 0.717) is 12.1 Å². The van der Waals surface area contributed by atoms with E-state index in [1.165, 1.54) is 17.1 Å². The topological polar surface area (TPSA) is 42.0 Å². The van der Waals surface area contributed by atoms with Crippen LogP contribution in [0.3, 0.4) is 0 Å². The highest BCUT2D eigenvalue weighted by atomic mass is 35.5. The first kappa shape index (κ1) is 13.3. The second kappa shape index (κ2) is 5.69. The number of carbonyl (C=O) groups is 1. The van der Waals surface area contributed by atoms with Crippen molar-refractivity contribution >= 4 is 40.4 Å². The summed E-state index contributed by atoms with van der Waals surface area (Å²) < 4.78 is 0. The highest BCUT2D eigenvalue weighted by molar-refractivity contribution is 7.11. The van der Waals surface area contributed by atoms with Gasteiger partial charge in [-0.3, -0.25) is 4.79 Å². The van der Waals surface area contributed by atoms with E-state index in [4.69, 9.17) is 23.2 Å². The lowest BCUT2D eigenvalue weighted by Gasteiger charge is -2.04. The summed E-state index contributed by atoms with van der Waals surface area (Å²) in [4.78, 5) is 18.0. The molecule has 0 atom stereocenters. The van der Waals surface area contributed by atoms with Gasteiger partial charge in [-0.25, -0.2) is 4.98 Å². The molecule has 2 aromatic rings. The van der Waals surface area contributed by atoms with Gasteiger partial charge in [-0.05, 0) is 25.1 Å². The van der Waals surface area contributed by atoms with Gasteiger partial charge < -0.3 is 5.32 Å². The summed E-state index contributed by atoms with van der Waals surface area (Å²) in [7, 11) is 0. The molecule has 3 nitrogen and oxygen atoms in total. The van der Waals surface area contributed by atoms with Gasteiger partial charge in [0.1, 0.15) is 5.15 Å². The minimum absolute atomic E-state index is 0.196. The van der Waals surface area contributed by atoms with E-state index in [1.54, 1.807) is 11.3 Å². The maximum atomic E-state index is 11.8. The molecule has 1 N–H and O–H groups in total. The zero-order valence-electron chi connectivity index (χ0n) is 9.54. The lowest BCUT2D eigenvalue weighted by Crippen LogP contribution is -2.22. The van der Waals surface area contributed by atoms with Gasteiger partial charge in [0.2, 0.25) is 0 Å². The molecule has 0 saturated carbocycles. The quantitative estimate of drug-likeness (QED) is 0.879. The number of rotatable bonds is 3. The number of pyridine rings is 1. The van der Waals surface area contributed by atoms with Crippen LogP contribution in [0.15, 0.2) is 24.4 Å². The largest absolute Gasteiger partial charge is 0.347 e. The molecule has 0 aliphatic carbocycles. The minimum Gasteiger partial charge on any atom is -0.347 e. The average molecular weight is 301 g/mol. The third kappa shape index (κ3) is 3.22. The molecule has 0 fully saturated rings. The summed E-state index contributed by atoms with van der Waals surface area (Å²) in [5, 5.41) is 3.28. The Hall–Kier alpha value is -1.10. The lowest BCUT2D eigenvalue weighted by atomic mass is 10.2. The van der Waals surface area contributed by atoms with E-state index in [2.05, 4.69) is 10.3 Å². The fourth-order valence-corrected chi connectivity index (χ4v) is 2.49. The van der Waals surface area contributed by atoms with E-state index in [9.17, 15) is 4.79 Å². The predicted octanol–water partition coefficient (Wildman–Crippen LogP) is 3.69. The molecule has 0 unspecified atom stereocenters. The molecule has 0 aliphatic rings. The van der Waals surface area contributed by atoms with Crippen molar-refractivity contribution in [3.05, 3.63) is 49.9 Å². The number of aryl methyl sites for hydroxylation is 1. The maximum absolute atomic E-state index is 11.8. The van der Waals surface area contributed by atoms with Gasteiger partial charge in [-0.15, -0.1) is 11.3 Å². The molecule has 2 heterocycles. The number of nitrogens with zero attached hydrogens (tertiary/aromatic N) is 1. The highest BCUT2D eigenvalue weighted by Crippen LogP contribution is 2.20. The summed E-state index contributed by atoms with van der Waals surface area (Å²) in [6, 6.07) is 5.52. The molecular formula is C12H10Cl2N2OS. The van der Waals surface area contributed by atoms with Crippen LogP contribution in [0.1, 0.15) is 20.1 Å². The molecule has 1 amide bonds. The summed E-state index contributed by atoms with van der Waals surface area (Å²) >= 11 is 13.1. The van der Waals surface area contributed by atoms with Crippen molar-refractivity contribution in [3.63, 3.8) is 0 Å². The molecule has 6 heteroatoms. The number of aromatic nitrogens is 1. The van der Waals surface area contributed by atoms with Gasteiger partial charge in [0.05, 0.1) is 17.1 Å². The van der Waals surface area contributed by atoms with Crippen LogP contribution in [-0.2, 0) is 6.54 Å². The van der Waals surface area contributed by atoms with E-state index in [-0.39, 0.29) is 16.1 Å². The first-order valence-electron chi connectivity index (χ1n) is 5.21. The van der Waals surface area contributed by atoms with Crippen LogP contribution in [0.5, 0.6) is 0 Å². The number of amides is 1.